The van der Waals surface area contributed by atoms with Gasteiger partial charge in [-0.3, -0.25) is 4.79 Å². The first-order valence-electron chi connectivity index (χ1n) is 8.19. The first kappa shape index (κ1) is 16.3. The lowest BCUT2D eigenvalue weighted by molar-refractivity contribution is -0.472. The molecule has 0 bridgehead atoms. The molecule has 1 saturated carbocycles. The van der Waals surface area contributed by atoms with Crippen molar-refractivity contribution in [2.75, 3.05) is 6.54 Å². The van der Waals surface area contributed by atoms with Gasteiger partial charge in [0.2, 0.25) is 0 Å². The lowest BCUT2D eigenvalue weighted by Gasteiger charge is -2.50. The number of allylic oxidation sites excluding steroid dienone is 2. The maximum atomic E-state index is 12.1. The fourth-order valence-electron chi connectivity index (χ4n) is 3.93. The first-order chi connectivity index (χ1) is 9.67. The maximum Gasteiger partial charge on any atom is 0.176 e. The van der Waals surface area contributed by atoms with E-state index in [1.807, 2.05) is 13.8 Å². The third-order valence-corrected chi connectivity index (χ3v) is 5.67. The molecule has 2 N–H and O–H groups in total. The predicted molar refractivity (Wildman–Crippen MR) is 85.2 cm³/mol. The predicted octanol–water partition coefficient (Wildman–Crippen LogP) is 2.41. The zero-order valence-electron chi connectivity index (χ0n) is 14.1. The average molecular weight is 292 g/mol. The van der Waals surface area contributed by atoms with E-state index in [9.17, 15) is 9.90 Å². The van der Waals surface area contributed by atoms with Crippen LogP contribution in [0.2, 0.25) is 0 Å². The fourth-order valence-corrected chi connectivity index (χ4v) is 3.93. The molecule has 2 rings (SSSR count). The van der Waals surface area contributed by atoms with Gasteiger partial charge in [0.1, 0.15) is 17.9 Å². The van der Waals surface area contributed by atoms with Gasteiger partial charge in [-0.25, -0.2) is 4.99 Å². The summed E-state index contributed by atoms with van der Waals surface area (Å²) >= 11 is 0. The molecular formula is C18H30NO2+. The third kappa shape index (κ3) is 3.22. The molecule has 0 aliphatic heterocycles. The number of Topliss-reactive ketones (excluding diaryl/α,β-unsaturated/α-hetero) is 1. The van der Waals surface area contributed by atoms with Crippen LogP contribution in [0.1, 0.15) is 60.3 Å². The van der Waals surface area contributed by atoms with Gasteiger partial charge in [-0.2, -0.15) is 0 Å². The van der Waals surface area contributed by atoms with Crippen LogP contribution in [0.3, 0.4) is 0 Å². The van der Waals surface area contributed by atoms with Gasteiger partial charge in [0.15, 0.2) is 12.0 Å². The van der Waals surface area contributed by atoms with E-state index in [0.29, 0.717) is 29.7 Å². The Bertz CT molecular complexity index is 485. The van der Waals surface area contributed by atoms with E-state index < -0.39 is 0 Å². The number of aliphatic hydroxyl groups is 1. The molecule has 3 nitrogen and oxygen atoms in total. The highest BCUT2D eigenvalue weighted by Gasteiger charge is 2.47. The van der Waals surface area contributed by atoms with Gasteiger partial charge in [0.25, 0.3) is 0 Å². The van der Waals surface area contributed by atoms with E-state index in [2.05, 4.69) is 25.8 Å². The summed E-state index contributed by atoms with van der Waals surface area (Å²) in [5, 5.41) is 10.1. The van der Waals surface area contributed by atoms with Crippen LogP contribution in [-0.2, 0) is 4.79 Å². The normalized spacial score (nSPS) is 31.6. The number of rotatable bonds is 4. The molecule has 0 aromatic heterocycles. The van der Waals surface area contributed by atoms with Crippen LogP contribution in [0.5, 0.6) is 0 Å². The third-order valence-electron chi connectivity index (χ3n) is 5.67. The first-order valence-corrected chi connectivity index (χ1v) is 8.19. The average Bonchev–Trinajstić information content (AvgIpc) is 2.33. The Balaban J connectivity index is 1.98. The van der Waals surface area contributed by atoms with Crippen molar-refractivity contribution < 1.29 is 14.9 Å². The van der Waals surface area contributed by atoms with E-state index in [1.165, 1.54) is 12.8 Å². The second kappa shape index (κ2) is 5.58. The Morgan fingerprint density at radius 3 is 2.43 bits per heavy atom. The van der Waals surface area contributed by atoms with Crippen molar-refractivity contribution in [1.82, 2.24) is 0 Å². The molecule has 2 aliphatic carbocycles. The molecule has 2 atom stereocenters. The number of carbonyl (C=O) groups is 1. The van der Waals surface area contributed by atoms with Crippen molar-refractivity contribution in [2.24, 2.45) is 22.7 Å². The molecule has 21 heavy (non-hydrogen) atoms. The van der Waals surface area contributed by atoms with Gasteiger partial charge in [0.05, 0.1) is 0 Å². The van der Waals surface area contributed by atoms with Crippen LogP contribution in [-0.4, -0.2) is 23.6 Å². The monoisotopic (exact) mass is 292 g/mol. The van der Waals surface area contributed by atoms with Gasteiger partial charge in [0, 0.05) is 18.8 Å². The van der Waals surface area contributed by atoms with Gasteiger partial charge in [-0.05, 0) is 23.2 Å². The molecule has 3 heteroatoms. The largest absolute Gasteiger partial charge is 0.511 e. The molecule has 0 unspecified atom stereocenters. The number of aliphatic hydroxyl groups excluding tert-OH is 1. The molecule has 0 radical (unpaired) electrons. The quantitative estimate of drug-likeness (QED) is 0.782. The van der Waals surface area contributed by atoms with Crippen LogP contribution < -0.4 is 4.99 Å². The van der Waals surface area contributed by atoms with E-state index in [0.717, 1.165) is 12.5 Å². The van der Waals surface area contributed by atoms with Gasteiger partial charge in [-0.15, -0.1) is 0 Å². The Kier molecular flexibility index (Phi) is 4.32. The molecule has 0 saturated heterocycles. The van der Waals surface area contributed by atoms with Crippen molar-refractivity contribution in [3.8, 4) is 0 Å². The summed E-state index contributed by atoms with van der Waals surface area (Å²) in [6, 6.07) is 0. The smallest absolute Gasteiger partial charge is 0.176 e. The molecule has 0 amide bonds. The molecule has 0 heterocycles. The SMILES string of the molecule is CC[C@H]1C[C@H](C[NH+]=CC2=C(O)CC(C)(C)CC2=O)C1(C)C. The standard InChI is InChI=1S/C18H29NO2/c1-6-12-7-13(18(12,4)5)10-19-11-14-15(20)8-17(2,3)9-16(14)21/h11-13,20H,6-10H2,1-5H3/p+1/t12-,13+/m0/s1. The highest BCUT2D eigenvalue weighted by Crippen LogP contribution is 2.51. The number of ketones is 1. The van der Waals surface area contributed by atoms with Gasteiger partial charge >= 0.3 is 0 Å². The van der Waals surface area contributed by atoms with Gasteiger partial charge < -0.3 is 5.11 Å². The Labute approximate surface area is 128 Å². The van der Waals surface area contributed by atoms with Crippen LogP contribution in [0, 0.1) is 22.7 Å². The summed E-state index contributed by atoms with van der Waals surface area (Å²) in [5.74, 6) is 1.75. The van der Waals surface area contributed by atoms with Gasteiger partial charge in [-0.1, -0.05) is 41.0 Å². The Hall–Kier alpha value is -1.12. The number of hydrogen-bond donors (Lipinski definition) is 2. The summed E-state index contributed by atoms with van der Waals surface area (Å²) < 4.78 is 0. The minimum Gasteiger partial charge on any atom is -0.511 e. The molecule has 1 fully saturated rings. The Morgan fingerprint density at radius 2 is 1.90 bits per heavy atom. The Morgan fingerprint density at radius 1 is 1.24 bits per heavy atom. The van der Waals surface area contributed by atoms with Crippen molar-refractivity contribution in [3.05, 3.63) is 11.3 Å². The van der Waals surface area contributed by atoms with E-state index >= 15 is 0 Å². The zero-order chi connectivity index (χ0) is 15.8. The van der Waals surface area contributed by atoms with Crippen molar-refractivity contribution >= 4 is 12.0 Å². The minimum absolute atomic E-state index is 0.0514. The van der Waals surface area contributed by atoms with Crippen molar-refractivity contribution in [3.63, 3.8) is 0 Å². The highest BCUT2D eigenvalue weighted by atomic mass is 16.3. The van der Waals surface area contributed by atoms with E-state index in [1.54, 1.807) is 6.21 Å². The molecular weight excluding hydrogens is 262 g/mol. The lowest BCUT2D eigenvalue weighted by atomic mass is 9.54. The number of hydrogen-bond acceptors (Lipinski definition) is 2. The topological polar surface area (TPSA) is 51.3 Å². The van der Waals surface area contributed by atoms with Crippen molar-refractivity contribution in [2.45, 2.75) is 60.3 Å². The van der Waals surface area contributed by atoms with Crippen molar-refractivity contribution in [1.29, 1.82) is 0 Å². The molecule has 2 aliphatic rings. The van der Waals surface area contributed by atoms with Crippen LogP contribution in [0.25, 0.3) is 0 Å². The second-order valence-corrected chi connectivity index (χ2v) is 8.21. The van der Waals surface area contributed by atoms with Crippen LogP contribution in [0.4, 0.5) is 0 Å². The lowest BCUT2D eigenvalue weighted by Crippen LogP contribution is -2.74. The number of nitrogens with one attached hydrogen (secondary N) is 1. The van der Waals surface area contributed by atoms with E-state index in [4.69, 9.17) is 0 Å². The molecule has 0 spiro atoms. The van der Waals surface area contributed by atoms with Crippen LogP contribution in [0.15, 0.2) is 11.3 Å². The highest BCUT2D eigenvalue weighted by molar-refractivity contribution is 6.13. The van der Waals surface area contributed by atoms with E-state index in [-0.39, 0.29) is 17.0 Å². The fraction of sp³-hybridized carbons (Fsp3) is 0.778. The summed E-state index contributed by atoms with van der Waals surface area (Å²) in [6.45, 7) is 11.9. The number of carbonyl (C=O) groups excluding carboxylic acids is 1. The molecule has 118 valence electrons. The molecule has 0 aromatic rings. The summed E-state index contributed by atoms with van der Waals surface area (Å²) in [7, 11) is 0. The summed E-state index contributed by atoms with van der Waals surface area (Å²) in [4.78, 5) is 15.4. The maximum absolute atomic E-state index is 12.1. The summed E-state index contributed by atoms with van der Waals surface area (Å²) in [6.07, 6.45) is 5.34. The second-order valence-electron chi connectivity index (χ2n) is 8.21. The van der Waals surface area contributed by atoms with Crippen LogP contribution >= 0.6 is 0 Å². The summed E-state index contributed by atoms with van der Waals surface area (Å²) in [5.41, 5.74) is 0.742. The minimum atomic E-state index is -0.122. The molecule has 0 aromatic carbocycles. The zero-order valence-corrected chi connectivity index (χ0v) is 14.1.